The molecule has 18 heteroatoms. The normalized spacial score (nSPS) is 40.2. The molecule has 1 aliphatic carbocycles. The van der Waals surface area contributed by atoms with Gasteiger partial charge in [-0.2, -0.15) is 0 Å². The zero-order chi connectivity index (χ0) is 53.8. The Morgan fingerprint density at radius 2 is 1.60 bits per heavy atom. The van der Waals surface area contributed by atoms with Crippen LogP contribution in [0.2, 0.25) is 0 Å². The van der Waals surface area contributed by atoms with Gasteiger partial charge < -0.3 is 52.6 Å². The zero-order valence-corrected chi connectivity index (χ0v) is 46.1. The summed E-state index contributed by atoms with van der Waals surface area (Å²) < 4.78 is 60.2. The maximum Gasteiger partial charge on any atom is 0.329 e. The number of carbonyl (C=O) groups is 5. The molecule has 0 aromatic heterocycles. The first kappa shape index (κ1) is 60.6. The minimum absolute atomic E-state index is 0.00642. The minimum atomic E-state index is -3.47. The van der Waals surface area contributed by atoms with E-state index in [0.29, 0.717) is 76.4 Å². The van der Waals surface area contributed by atoms with Crippen LogP contribution in [-0.2, 0) is 66.0 Å². The van der Waals surface area contributed by atoms with E-state index < -0.39 is 109 Å². The summed E-state index contributed by atoms with van der Waals surface area (Å²) in [5, 5.41) is 23.7. The highest BCUT2D eigenvalue weighted by Gasteiger charge is 2.57. The van der Waals surface area contributed by atoms with E-state index in [0.717, 1.165) is 5.57 Å². The molecular weight excluding hydrogens is 962 g/mol. The van der Waals surface area contributed by atoms with Gasteiger partial charge in [0.2, 0.25) is 5.79 Å². The minimum Gasteiger partial charge on any atom is -0.460 e. The molecule has 6 bridgehead atoms. The number of amides is 1. The number of ketones is 3. The van der Waals surface area contributed by atoms with Crippen LogP contribution in [0.25, 0.3) is 0 Å². The average molecular weight is 1050 g/mol. The summed E-state index contributed by atoms with van der Waals surface area (Å²) in [6.07, 6.45) is 10.2. The molecule has 1 amide bonds. The largest absolute Gasteiger partial charge is 0.460 e. The fourth-order valence-electron chi connectivity index (χ4n) is 11.7. The van der Waals surface area contributed by atoms with Gasteiger partial charge in [-0.3, -0.25) is 23.7 Å². The number of Topliss-reactive ketones (excluding diaryl/α,β-unsaturated/α-hetero) is 3. The molecule has 4 fully saturated rings. The number of carbonyl (C=O) groups excluding carboxylic acids is 5. The molecule has 5 aliphatic rings. The molecule has 0 aromatic carbocycles. The maximum absolute atomic E-state index is 14.6. The summed E-state index contributed by atoms with van der Waals surface area (Å²) in [4.78, 5) is 72.9. The molecule has 4 aliphatic heterocycles. The smallest absolute Gasteiger partial charge is 0.329 e. The van der Waals surface area contributed by atoms with Crippen LogP contribution in [0.5, 0.6) is 0 Å². The van der Waals surface area contributed by atoms with Gasteiger partial charge in [-0.15, -0.1) is 0 Å². The van der Waals surface area contributed by atoms with E-state index in [4.69, 9.17) is 37.5 Å². The summed E-state index contributed by atoms with van der Waals surface area (Å²) in [5.41, 5.74) is 1.25. The van der Waals surface area contributed by atoms with Crippen molar-refractivity contribution in [2.45, 2.75) is 174 Å². The lowest BCUT2D eigenvalue weighted by Gasteiger charge is -2.50. The summed E-state index contributed by atoms with van der Waals surface area (Å²) in [7, 11) is 1.05. The number of ether oxygens (including phenoxy) is 6. The number of esters is 1. The lowest BCUT2D eigenvalue weighted by molar-refractivity contribution is -0.266. The van der Waals surface area contributed by atoms with E-state index in [-0.39, 0.29) is 49.6 Å². The Morgan fingerprint density at radius 1 is 0.863 bits per heavy atom. The van der Waals surface area contributed by atoms with Crippen molar-refractivity contribution < 1.29 is 76.2 Å². The topological polar surface area (TPSA) is 220 Å². The highest BCUT2D eigenvalue weighted by molar-refractivity contribution is 7.53. The van der Waals surface area contributed by atoms with Crippen molar-refractivity contribution in [1.29, 1.82) is 0 Å². The molecule has 1 saturated carbocycles. The van der Waals surface area contributed by atoms with Gasteiger partial charge in [0.15, 0.2) is 5.78 Å². The van der Waals surface area contributed by atoms with Gasteiger partial charge >= 0.3 is 13.6 Å². The van der Waals surface area contributed by atoms with Gasteiger partial charge in [0, 0.05) is 77.7 Å². The predicted molar refractivity (Wildman–Crippen MR) is 273 cm³/mol. The molecule has 11 unspecified atom stereocenters. The molecule has 412 valence electrons. The van der Waals surface area contributed by atoms with Gasteiger partial charge in [-0.05, 0) is 107 Å². The van der Waals surface area contributed by atoms with Crippen LogP contribution in [0.4, 0.5) is 0 Å². The Labute approximate surface area is 433 Å². The number of piperidine rings is 1. The summed E-state index contributed by atoms with van der Waals surface area (Å²) >= 11 is 0. The van der Waals surface area contributed by atoms with Crippen LogP contribution < -0.4 is 0 Å². The predicted octanol–water partition coefficient (Wildman–Crippen LogP) is 7.30. The first-order chi connectivity index (χ1) is 34.6. The third-order valence-corrected chi connectivity index (χ3v) is 17.3. The number of rotatable bonds is 12. The number of aliphatic hydroxyl groups is 2. The number of nitrogens with zero attached hydrogens (tertiary/aromatic N) is 1. The second-order valence-electron chi connectivity index (χ2n) is 21.4. The van der Waals surface area contributed by atoms with E-state index in [1.807, 2.05) is 58.1 Å². The Bertz CT molecular complexity index is 2070. The van der Waals surface area contributed by atoms with Crippen molar-refractivity contribution >= 4 is 36.8 Å². The van der Waals surface area contributed by atoms with E-state index in [1.54, 1.807) is 41.1 Å². The van der Waals surface area contributed by atoms with Crippen LogP contribution in [0, 0.1) is 41.4 Å². The quantitative estimate of drug-likeness (QED) is 0.0644. The molecule has 0 aromatic rings. The second kappa shape index (κ2) is 27.7. The third kappa shape index (κ3) is 15.7. The van der Waals surface area contributed by atoms with Crippen LogP contribution in [0.1, 0.15) is 119 Å². The van der Waals surface area contributed by atoms with E-state index in [9.17, 15) is 38.8 Å². The Kier molecular flexibility index (Phi) is 23.0. The Morgan fingerprint density at radius 3 is 2.29 bits per heavy atom. The molecule has 73 heavy (non-hydrogen) atoms. The third-order valence-electron chi connectivity index (χ3n) is 16.0. The number of allylic oxidation sites excluding steroid dienone is 6. The molecule has 17 nitrogen and oxygen atoms in total. The first-order valence-corrected chi connectivity index (χ1v) is 28.5. The number of fused-ring (bicyclic) bond motifs is 3. The standard InChI is InChI=1S/C55H86NO16P/c1-12-68-25-26-69-73(11,64)72-44-23-21-39(30-47(44)66-9)29-42-41-19-16-24-56-48(41)54(62)70-46(42)32-43(57)35(4)28-37(6)50(59)51(67-10)49(58)36(5)27-33(2)17-14-13-15-18-34(3)45(65-8)31-40-22-20-38(7)55(63,71-40)52(60)53(56)61/h13-15,17-18,28,33,35-36,38-42,44-48,50-51,59,63H,12,16,19-27,29-32H2,1-11H3/b15-13+,17-14+,34-18+,37-28+/t33?,35-,36?,38?,39?,40+,41?,42+,44-,45+,46?,47?,48?,50?,51+,55?,73?/m1/s1. The van der Waals surface area contributed by atoms with Gasteiger partial charge in [0.05, 0.1) is 37.6 Å². The molecule has 0 spiro atoms. The van der Waals surface area contributed by atoms with E-state index in [2.05, 4.69) is 0 Å². The molecule has 3 saturated heterocycles. The van der Waals surface area contributed by atoms with Crippen molar-refractivity contribution in [2.75, 3.05) is 54.4 Å². The van der Waals surface area contributed by atoms with Gasteiger partial charge in [-0.1, -0.05) is 64.2 Å². The van der Waals surface area contributed by atoms with Crippen molar-refractivity contribution in [1.82, 2.24) is 4.90 Å². The summed E-state index contributed by atoms with van der Waals surface area (Å²) in [6, 6.07) is -1.18. The zero-order valence-electron chi connectivity index (χ0n) is 45.2. The van der Waals surface area contributed by atoms with Crippen LogP contribution in [0.3, 0.4) is 0 Å². The van der Waals surface area contributed by atoms with Crippen molar-refractivity contribution in [3.05, 3.63) is 47.6 Å². The number of hydrogen-bond donors (Lipinski definition) is 2. The van der Waals surface area contributed by atoms with Crippen molar-refractivity contribution in [2.24, 2.45) is 41.4 Å². The lowest BCUT2D eigenvalue weighted by Crippen LogP contribution is -2.65. The van der Waals surface area contributed by atoms with Crippen molar-refractivity contribution in [3.8, 4) is 0 Å². The first-order valence-electron chi connectivity index (χ1n) is 26.6. The Hall–Kier alpha value is -3.22. The van der Waals surface area contributed by atoms with E-state index in [1.165, 1.54) is 18.7 Å². The number of methoxy groups -OCH3 is 3. The fourth-order valence-corrected chi connectivity index (χ4v) is 12.9. The van der Waals surface area contributed by atoms with Gasteiger partial charge in [0.25, 0.3) is 11.7 Å². The molecule has 0 radical (unpaired) electrons. The molecule has 4 heterocycles. The van der Waals surface area contributed by atoms with Crippen LogP contribution >= 0.6 is 7.60 Å². The maximum atomic E-state index is 14.6. The van der Waals surface area contributed by atoms with E-state index >= 15 is 0 Å². The van der Waals surface area contributed by atoms with Gasteiger partial charge in [0.1, 0.15) is 30.1 Å². The lowest BCUT2D eigenvalue weighted by atomic mass is 9.68. The molecule has 17 atom stereocenters. The monoisotopic (exact) mass is 1050 g/mol. The molecule has 2 N–H and O–H groups in total. The second-order valence-corrected chi connectivity index (χ2v) is 23.4. The highest BCUT2D eigenvalue weighted by atomic mass is 31.2. The highest BCUT2D eigenvalue weighted by Crippen LogP contribution is 2.50. The van der Waals surface area contributed by atoms with Crippen LogP contribution in [0.15, 0.2) is 47.6 Å². The van der Waals surface area contributed by atoms with Crippen molar-refractivity contribution in [3.63, 3.8) is 0 Å². The fraction of sp³-hybridized carbons (Fsp3) is 0.764. The van der Waals surface area contributed by atoms with Gasteiger partial charge in [-0.25, -0.2) is 4.79 Å². The SMILES string of the molecule is CCOCCOP(C)(=O)O[C@@H]1CCC(C[C@@H]2C3CC(=O)[C@H](C)/C=C(\C)C(O)[C@@H](OC)C(=O)C(C)CC(C)/C=C/C=C/C=C(\C)[C@@H](OC)C[C@@H]4CCC(C)C(O)(O4)C(=O)C(=O)N4CCCC2C4C(=O)O3)CC1OC. The summed E-state index contributed by atoms with van der Waals surface area (Å²) in [6.45, 7) is 15.0. The number of aliphatic hydroxyl groups excluding tert-OH is 1. The summed E-state index contributed by atoms with van der Waals surface area (Å²) in [5.74, 6) is -8.90. The number of hydrogen-bond acceptors (Lipinski definition) is 16. The average Bonchev–Trinajstić information content (AvgIpc) is 3.35. The molecule has 5 rings (SSSR count). The van der Waals surface area contributed by atoms with Crippen LogP contribution in [-0.4, -0.2) is 153 Å². The Balaban J connectivity index is 1.49. The molecular formula is C55H86NO16P.